The number of halogens is 1. The average Bonchev–Trinajstić information content (AvgIpc) is 3.08. The number of rotatable bonds is 7. The number of carbonyl (C=O) groups excluding carboxylic acids is 3. The molecule has 2 heterocycles. The van der Waals surface area contributed by atoms with Gasteiger partial charge in [-0.1, -0.05) is 48.5 Å². The lowest BCUT2D eigenvalue weighted by molar-refractivity contribution is -0.144. The molecule has 0 saturated carbocycles. The molecule has 2 aromatic rings. The summed E-state index contributed by atoms with van der Waals surface area (Å²) in [7, 11) is 3.50. The van der Waals surface area contributed by atoms with E-state index >= 15 is 0 Å². The first kappa shape index (κ1) is 24.0. The SMILES string of the molecule is COCCN1C(=O)CC(CC(=O)N2CCN(C)C(c3ccccc3)C2)(c2ccccc2F)C1=O. The fraction of sp³-hybridized carbons (Fsp3) is 0.423. The van der Waals surface area contributed by atoms with E-state index in [0.717, 1.165) is 10.5 Å². The number of nitrogens with zero attached hydrogens (tertiary/aromatic N) is 3. The van der Waals surface area contributed by atoms with E-state index in [-0.39, 0.29) is 43.5 Å². The van der Waals surface area contributed by atoms with E-state index in [1.807, 2.05) is 37.4 Å². The molecule has 2 atom stereocenters. The van der Waals surface area contributed by atoms with Gasteiger partial charge in [0.2, 0.25) is 17.7 Å². The zero-order valence-corrected chi connectivity index (χ0v) is 19.6. The van der Waals surface area contributed by atoms with Crippen molar-refractivity contribution in [1.29, 1.82) is 0 Å². The van der Waals surface area contributed by atoms with Gasteiger partial charge < -0.3 is 9.64 Å². The van der Waals surface area contributed by atoms with Crippen LogP contribution in [-0.4, -0.2) is 79.4 Å². The first-order valence-electron chi connectivity index (χ1n) is 11.5. The van der Waals surface area contributed by atoms with E-state index in [2.05, 4.69) is 4.90 Å². The van der Waals surface area contributed by atoms with Crippen LogP contribution in [0.2, 0.25) is 0 Å². The van der Waals surface area contributed by atoms with Crippen LogP contribution in [-0.2, 0) is 24.5 Å². The lowest BCUT2D eigenvalue weighted by Gasteiger charge is -2.41. The van der Waals surface area contributed by atoms with E-state index in [0.29, 0.717) is 19.6 Å². The molecule has 8 heteroatoms. The molecule has 34 heavy (non-hydrogen) atoms. The van der Waals surface area contributed by atoms with Crippen molar-refractivity contribution in [2.45, 2.75) is 24.3 Å². The van der Waals surface area contributed by atoms with Gasteiger partial charge in [-0.05, 0) is 18.7 Å². The summed E-state index contributed by atoms with van der Waals surface area (Å²) in [6.07, 6.45) is -0.495. The molecule has 3 amide bonds. The maximum absolute atomic E-state index is 15.0. The number of amides is 3. The summed E-state index contributed by atoms with van der Waals surface area (Å²) in [5.74, 6) is -1.81. The van der Waals surface area contributed by atoms with Gasteiger partial charge in [-0.25, -0.2) is 4.39 Å². The molecule has 2 aromatic carbocycles. The van der Waals surface area contributed by atoms with Crippen molar-refractivity contribution in [3.63, 3.8) is 0 Å². The number of benzene rings is 2. The third-order valence-electron chi connectivity index (χ3n) is 6.96. The Balaban J connectivity index is 1.62. The zero-order chi connectivity index (χ0) is 24.3. The molecule has 0 aromatic heterocycles. The Morgan fingerprint density at radius 3 is 2.50 bits per heavy atom. The Morgan fingerprint density at radius 1 is 1.09 bits per heavy atom. The number of imide groups is 1. The molecule has 2 aliphatic rings. The number of piperazine rings is 1. The number of ether oxygens (including phenoxy) is 1. The van der Waals surface area contributed by atoms with E-state index in [4.69, 9.17) is 4.74 Å². The largest absolute Gasteiger partial charge is 0.383 e. The maximum atomic E-state index is 15.0. The second-order valence-electron chi connectivity index (χ2n) is 9.01. The summed E-state index contributed by atoms with van der Waals surface area (Å²) >= 11 is 0. The van der Waals surface area contributed by atoms with Gasteiger partial charge in [-0.2, -0.15) is 0 Å². The van der Waals surface area contributed by atoms with Crippen molar-refractivity contribution in [3.8, 4) is 0 Å². The van der Waals surface area contributed by atoms with Crippen LogP contribution in [0.3, 0.4) is 0 Å². The van der Waals surface area contributed by atoms with Crippen LogP contribution in [0.1, 0.15) is 30.0 Å². The second kappa shape index (κ2) is 10.0. The van der Waals surface area contributed by atoms with Gasteiger partial charge in [0.05, 0.1) is 24.6 Å². The Labute approximate surface area is 199 Å². The Bertz CT molecular complexity index is 1060. The maximum Gasteiger partial charge on any atom is 0.241 e. The van der Waals surface area contributed by atoms with Crippen molar-refractivity contribution in [3.05, 3.63) is 71.5 Å². The third kappa shape index (κ3) is 4.48. The van der Waals surface area contributed by atoms with E-state index in [1.165, 1.54) is 25.3 Å². The molecule has 2 aliphatic heterocycles. The molecule has 2 saturated heterocycles. The number of likely N-dealkylation sites (N-methyl/N-ethyl adjacent to an activating group) is 1. The predicted molar refractivity (Wildman–Crippen MR) is 124 cm³/mol. The van der Waals surface area contributed by atoms with Crippen molar-refractivity contribution in [2.24, 2.45) is 0 Å². The van der Waals surface area contributed by atoms with Gasteiger partial charge in [0.15, 0.2) is 0 Å². The standard InChI is InChI=1S/C26H30FN3O4/c1-28-12-13-29(18-22(28)19-8-4-3-5-9-19)23(31)16-26(20-10-6-7-11-21(20)27)17-24(32)30(25(26)33)14-15-34-2/h3-11,22H,12-18H2,1-2H3. The lowest BCUT2D eigenvalue weighted by atomic mass is 9.75. The van der Waals surface area contributed by atoms with Gasteiger partial charge in [-0.15, -0.1) is 0 Å². The summed E-state index contributed by atoms with van der Waals surface area (Å²) in [6, 6.07) is 15.9. The second-order valence-corrected chi connectivity index (χ2v) is 9.01. The van der Waals surface area contributed by atoms with E-state index in [1.54, 1.807) is 11.0 Å². The zero-order valence-electron chi connectivity index (χ0n) is 19.6. The molecule has 180 valence electrons. The molecule has 0 spiro atoms. The highest BCUT2D eigenvalue weighted by Crippen LogP contribution is 2.41. The fourth-order valence-corrected chi connectivity index (χ4v) is 5.01. The summed E-state index contributed by atoms with van der Waals surface area (Å²) in [5, 5.41) is 0. The predicted octanol–water partition coefficient (Wildman–Crippen LogP) is 2.37. The van der Waals surface area contributed by atoms with Crippen LogP contribution in [0, 0.1) is 5.82 Å². The monoisotopic (exact) mass is 467 g/mol. The Kier molecular flexibility index (Phi) is 7.09. The molecule has 0 aliphatic carbocycles. The number of hydrogen-bond acceptors (Lipinski definition) is 5. The van der Waals surface area contributed by atoms with Crippen LogP contribution in [0.15, 0.2) is 54.6 Å². The van der Waals surface area contributed by atoms with E-state index < -0.39 is 23.0 Å². The van der Waals surface area contributed by atoms with E-state index in [9.17, 15) is 18.8 Å². The van der Waals surface area contributed by atoms with Crippen molar-refractivity contribution < 1.29 is 23.5 Å². The Morgan fingerprint density at radius 2 is 1.79 bits per heavy atom. The summed E-state index contributed by atoms with van der Waals surface area (Å²) < 4.78 is 20.0. The molecule has 2 unspecified atom stereocenters. The minimum Gasteiger partial charge on any atom is -0.383 e. The van der Waals surface area contributed by atoms with Gasteiger partial charge in [-0.3, -0.25) is 24.2 Å². The van der Waals surface area contributed by atoms with Crippen molar-refractivity contribution in [2.75, 3.05) is 46.9 Å². The summed E-state index contributed by atoms with van der Waals surface area (Å²) in [4.78, 5) is 45.0. The summed E-state index contributed by atoms with van der Waals surface area (Å²) in [6.45, 7) is 1.88. The highest BCUT2D eigenvalue weighted by molar-refractivity contribution is 6.10. The van der Waals surface area contributed by atoms with Crippen LogP contribution in [0.4, 0.5) is 4.39 Å². The smallest absolute Gasteiger partial charge is 0.241 e. The molecular weight excluding hydrogens is 437 g/mol. The highest BCUT2D eigenvalue weighted by Gasteiger charge is 2.55. The van der Waals surface area contributed by atoms with Crippen molar-refractivity contribution in [1.82, 2.24) is 14.7 Å². The van der Waals surface area contributed by atoms with Gasteiger partial charge >= 0.3 is 0 Å². The van der Waals surface area contributed by atoms with Gasteiger partial charge in [0.1, 0.15) is 5.82 Å². The molecule has 0 radical (unpaired) electrons. The third-order valence-corrected chi connectivity index (χ3v) is 6.96. The van der Waals surface area contributed by atoms with Gasteiger partial charge in [0.25, 0.3) is 0 Å². The average molecular weight is 468 g/mol. The minimum atomic E-state index is -1.56. The minimum absolute atomic E-state index is 0.0161. The molecule has 4 rings (SSSR count). The molecule has 0 N–H and O–H groups in total. The quantitative estimate of drug-likeness (QED) is 0.585. The number of carbonyl (C=O) groups is 3. The number of likely N-dealkylation sites (tertiary alicyclic amines) is 1. The van der Waals surface area contributed by atoms with Gasteiger partial charge in [0, 0.05) is 45.1 Å². The van der Waals surface area contributed by atoms with Crippen LogP contribution in [0.25, 0.3) is 0 Å². The summed E-state index contributed by atoms with van der Waals surface area (Å²) in [5.41, 5.74) is -0.363. The topological polar surface area (TPSA) is 70.2 Å². The normalized spacial score (nSPS) is 23.6. The number of hydrogen-bond donors (Lipinski definition) is 0. The molecule has 7 nitrogen and oxygen atoms in total. The number of methoxy groups -OCH3 is 1. The molecule has 2 fully saturated rings. The molecule has 0 bridgehead atoms. The first-order valence-corrected chi connectivity index (χ1v) is 11.5. The van der Waals surface area contributed by atoms with Crippen LogP contribution in [0.5, 0.6) is 0 Å². The lowest BCUT2D eigenvalue weighted by Crippen LogP contribution is -2.51. The van der Waals surface area contributed by atoms with Crippen LogP contribution < -0.4 is 0 Å². The molecular formula is C26H30FN3O4. The highest BCUT2D eigenvalue weighted by atomic mass is 19.1. The van der Waals surface area contributed by atoms with Crippen molar-refractivity contribution >= 4 is 17.7 Å². The first-order chi connectivity index (χ1) is 16.4. The fourth-order valence-electron chi connectivity index (χ4n) is 5.01. The Hall–Kier alpha value is -3.10. The van der Waals surface area contributed by atoms with Crippen LogP contribution >= 0.6 is 0 Å².